The van der Waals surface area contributed by atoms with Crippen LogP contribution in [0.3, 0.4) is 0 Å². The average molecular weight is 325 g/mol. The summed E-state index contributed by atoms with van der Waals surface area (Å²) in [6.07, 6.45) is 0.912. The Hall–Kier alpha value is -1.44. The van der Waals surface area contributed by atoms with Crippen molar-refractivity contribution in [3.63, 3.8) is 0 Å². The number of carbonyl (C=O) groups is 1. The third-order valence-corrected chi connectivity index (χ3v) is 5.96. The lowest BCUT2D eigenvalue weighted by atomic mass is 10.1. The van der Waals surface area contributed by atoms with E-state index in [0.29, 0.717) is 24.6 Å². The molecule has 1 aliphatic rings. The molecule has 1 aromatic carbocycles. The van der Waals surface area contributed by atoms with E-state index < -0.39 is 10.0 Å². The summed E-state index contributed by atoms with van der Waals surface area (Å²) in [5.41, 5.74) is 6.19. The predicted molar refractivity (Wildman–Crippen MR) is 85.0 cm³/mol. The molecule has 7 heteroatoms. The molecule has 0 radical (unpaired) electrons. The van der Waals surface area contributed by atoms with Crippen LogP contribution in [0.1, 0.15) is 23.7 Å². The molecule has 2 rings (SSSR count). The third kappa shape index (κ3) is 3.16. The lowest BCUT2D eigenvalue weighted by Gasteiger charge is -2.21. The highest BCUT2D eigenvalue weighted by atomic mass is 32.2. The molecule has 2 N–H and O–H groups in total. The Morgan fingerprint density at radius 1 is 1.32 bits per heavy atom. The van der Waals surface area contributed by atoms with Gasteiger partial charge in [0.2, 0.25) is 10.0 Å². The first-order valence-corrected chi connectivity index (χ1v) is 8.75. The van der Waals surface area contributed by atoms with E-state index in [1.54, 1.807) is 12.1 Å². The first kappa shape index (κ1) is 16.9. The largest absolute Gasteiger partial charge is 0.336 e. The monoisotopic (exact) mass is 325 g/mol. The smallest absolute Gasteiger partial charge is 0.254 e. The molecule has 1 aliphatic heterocycles. The molecule has 1 fully saturated rings. The van der Waals surface area contributed by atoms with Crippen molar-refractivity contribution in [1.29, 1.82) is 0 Å². The van der Waals surface area contributed by atoms with E-state index in [1.165, 1.54) is 26.2 Å². The van der Waals surface area contributed by atoms with Crippen LogP contribution < -0.4 is 5.73 Å². The van der Waals surface area contributed by atoms with Crippen molar-refractivity contribution in [3.8, 4) is 0 Å². The van der Waals surface area contributed by atoms with E-state index in [0.717, 1.165) is 10.7 Å². The quantitative estimate of drug-likeness (QED) is 0.885. The van der Waals surface area contributed by atoms with E-state index in [4.69, 9.17) is 5.73 Å². The number of benzene rings is 1. The van der Waals surface area contributed by atoms with Gasteiger partial charge in [-0.2, -0.15) is 0 Å². The fraction of sp³-hybridized carbons (Fsp3) is 0.533. The standard InChI is InChI=1S/C15H23N3O3S/c1-11-8-12(9-16)10-18(11)15(19)13-4-6-14(7-5-13)22(20,21)17(2)3/h4-7,11-12H,8-10,16H2,1-3H3. The number of sulfonamides is 1. The highest BCUT2D eigenvalue weighted by molar-refractivity contribution is 7.89. The van der Waals surface area contributed by atoms with Crippen LogP contribution in [0.4, 0.5) is 0 Å². The predicted octanol–water partition coefficient (Wildman–Crippen LogP) is 0.746. The summed E-state index contributed by atoms with van der Waals surface area (Å²) in [5, 5.41) is 0. The molecule has 122 valence electrons. The number of likely N-dealkylation sites (tertiary alicyclic amines) is 1. The summed E-state index contributed by atoms with van der Waals surface area (Å²) in [7, 11) is -0.511. The van der Waals surface area contributed by atoms with Gasteiger partial charge in [-0.05, 0) is 50.1 Å². The number of hydrogen-bond donors (Lipinski definition) is 1. The number of hydrogen-bond acceptors (Lipinski definition) is 4. The van der Waals surface area contributed by atoms with Gasteiger partial charge in [0.1, 0.15) is 0 Å². The summed E-state index contributed by atoms with van der Waals surface area (Å²) in [6, 6.07) is 6.25. The van der Waals surface area contributed by atoms with E-state index in [9.17, 15) is 13.2 Å². The molecule has 1 amide bonds. The van der Waals surface area contributed by atoms with E-state index in [2.05, 4.69) is 0 Å². The molecule has 0 aromatic heterocycles. The van der Waals surface area contributed by atoms with Crippen molar-refractivity contribution in [3.05, 3.63) is 29.8 Å². The maximum absolute atomic E-state index is 12.5. The molecule has 1 heterocycles. The van der Waals surface area contributed by atoms with Gasteiger partial charge < -0.3 is 10.6 Å². The number of rotatable bonds is 4. The van der Waals surface area contributed by atoms with Crippen molar-refractivity contribution in [2.24, 2.45) is 11.7 Å². The highest BCUT2D eigenvalue weighted by Gasteiger charge is 2.32. The third-order valence-electron chi connectivity index (χ3n) is 4.14. The molecule has 0 saturated carbocycles. The highest BCUT2D eigenvalue weighted by Crippen LogP contribution is 2.24. The van der Waals surface area contributed by atoms with Crippen LogP contribution in [0.25, 0.3) is 0 Å². The Labute approximate surface area is 131 Å². The van der Waals surface area contributed by atoms with Gasteiger partial charge in [-0.1, -0.05) is 0 Å². The Bertz CT molecular complexity index is 641. The zero-order valence-corrected chi connectivity index (χ0v) is 14.0. The second-order valence-electron chi connectivity index (χ2n) is 5.96. The van der Waals surface area contributed by atoms with E-state index >= 15 is 0 Å². The second-order valence-corrected chi connectivity index (χ2v) is 8.11. The van der Waals surface area contributed by atoms with Crippen LogP contribution in [0.5, 0.6) is 0 Å². The molecule has 2 atom stereocenters. The fourth-order valence-electron chi connectivity index (χ4n) is 2.74. The Balaban J connectivity index is 2.19. The molecule has 2 unspecified atom stereocenters. The zero-order chi connectivity index (χ0) is 16.5. The zero-order valence-electron chi connectivity index (χ0n) is 13.2. The van der Waals surface area contributed by atoms with Crippen molar-refractivity contribution < 1.29 is 13.2 Å². The van der Waals surface area contributed by atoms with Gasteiger partial charge in [-0.15, -0.1) is 0 Å². The Kier molecular flexibility index (Phi) is 4.89. The van der Waals surface area contributed by atoms with Gasteiger partial charge in [0.25, 0.3) is 5.91 Å². The number of nitrogens with zero attached hydrogens (tertiary/aromatic N) is 2. The maximum Gasteiger partial charge on any atom is 0.254 e. The minimum Gasteiger partial charge on any atom is -0.336 e. The topological polar surface area (TPSA) is 83.7 Å². The Morgan fingerprint density at radius 2 is 1.91 bits per heavy atom. The van der Waals surface area contributed by atoms with Gasteiger partial charge in [-0.3, -0.25) is 4.79 Å². The molecular weight excluding hydrogens is 302 g/mol. The summed E-state index contributed by atoms with van der Waals surface area (Å²) >= 11 is 0. The van der Waals surface area contributed by atoms with Gasteiger partial charge in [0.15, 0.2) is 0 Å². The SMILES string of the molecule is CC1CC(CN)CN1C(=O)c1ccc(S(=O)(=O)N(C)C)cc1. The van der Waals surface area contributed by atoms with Crippen LogP contribution in [0.2, 0.25) is 0 Å². The van der Waals surface area contributed by atoms with Crippen LogP contribution in [-0.4, -0.2) is 56.8 Å². The second kappa shape index (κ2) is 6.36. The molecular formula is C15H23N3O3S. The average Bonchev–Trinajstić information content (AvgIpc) is 2.87. The summed E-state index contributed by atoms with van der Waals surface area (Å²) in [6.45, 7) is 3.25. The molecule has 0 bridgehead atoms. The van der Waals surface area contributed by atoms with Crippen LogP contribution in [0, 0.1) is 5.92 Å². The van der Waals surface area contributed by atoms with Crippen LogP contribution >= 0.6 is 0 Å². The molecule has 1 saturated heterocycles. The lowest BCUT2D eigenvalue weighted by Crippen LogP contribution is -2.34. The summed E-state index contributed by atoms with van der Waals surface area (Å²) in [4.78, 5) is 14.5. The molecule has 6 nitrogen and oxygen atoms in total. The fourth-order valence-corrected chi connectivity index (χ4v) is 3.64. The van der Waals surface area contributed by atoms with Crippen molar-refractivity contribution in [2.45, 2.75) is 24.3 Å². The maximum atomic E-state index is 12.5. The minimum absolute atomic E-state index is 0.0720. The summed E-state index contributed by atoms with van der Waals surface area (Å²) < 4.78 is 25.2. The van der Waals surface area contributed by atoms with Gasteiger partial charge in [0.05, 0.1) is 4.90 Å². The van der Waals surface area contributed by atoms with E-state index in [1.807, 2.05) is 11.8 Å². The number of nitrogens with two attached hydrogens (primary N) is 1. The first-order valence-electron chi connectivity index (χ1n) is 7.31. The molecule has 0 spiro atoms. The van der Waals surface area contributed by atoms with Gasteiger partial charge in [0, 0.05) is 32.2 Å². The molecule has 22 heavy (non-hydrogen) atoms. The van der Waals surface area contributed by atoms with Gasteiger partial charge >= 0.3 is 0 Å². The Morgan fingerprint density at radius 3 is 2.36 bits per heavy atom. The van der Waals surface area contributed by atoms with Crippen LogP contribution in [0.15, 0.2) is 29.2 Å². The lowest BCUT2D eigenvalue weighted by molar-refractivity contribution is 0.0743. The van der Waals surface area contributed by atoms with Crippen molar-refractivity contribution >= 4 is 15.9 Å². The first-order chi connectivity index (χ1) is 10.3. The summed E-state index contributed by atoms with van der Waals surface area (Å²) in [5.74, 6) is 0.268. The van der Waals surface area contributed by atoms with Crippen LogP contribution in [-0.2, 0) is 10.0 Å². The number of carbonyl (C=O) groups excluding carboxylic acids is 1. The van der Waals surface area contributed by atoms with E-state index in [-0.39, 0.29) is 16.8 Å². The van der Waals surface area contributed by atoms with Crippen molar-refractivity contribution in [1.82, 2.24) is 9.21 Å². The van der Waals surface area contributed by atoms with Crippen molar-refractivity contribution in [2.75, 3.05) is 27.2 Å². The molecule has 0 aliphatic carbocycles. The normalized spacial score (nSPS) is 22.3. The minimum atomic E-state index is -3.47. The molecule has 1 aromatic rings. The number of amides is 1. The van der Waals surface area contributed by atoms with Gasteiger partial charge in [-0.25, -0.2) is 12.7 Å².